The maximum absolute atomic E-state index is 12.2. The second-order valence-corrected chi connectivity index (χ2v) is 4.44. The molecule has 1 amide bonds. The minimum atomic E-state index is -0.187. The van der Waals surface area contributed by atoms with Crippen molar-refractivity contribution >= 4 is 5.91 Å². The van der Waals surface area contributed by atoms with Crippen molar-refractivity contribution in [3.8, 4) is 0 Å². The van der Waals surface area contributed by atoms with Crippen molar-refractivity contribution < 1.29 is 4.79 Å². The van der Waals surface area contributed by atoms with Gasteiger partial charge in [-0.25, -0.2) is 0 Å². The molecular formula is C14H18N4O. The van der Waals surface area contributed by atoms with Crippen molar-refractivity contribution in [3.63, 3.8) is 0 Å². The van der Waals surface area contributed by atoms with E-state index in [0.29, 0.717) is 12.1 Å². The van der Waals surface area contributed by atoms with Crippen LogP contribution in [0.15, 0.2) is 36.5 Å². The van der Waals surface area contributed by atoms with Gasteiger partial charge in [-0.1, -0.05) is 30.3 Å². The Morgan fingerprint density at radius 2 is 2.11 bits per heavy atom. The van der Waals surface area contributed by atoms with E-state index in [9.17, 15) is 4.79 Å². The van der Waals surface area contributed by atoms with E-state index in [2.05, 4.69) is 10.4 Å². The number of carbonyl (C=O) groups is 1. The molecule has 0 radical (unpaired) electrons. The number of hydrogen-bond donors (Lipinski definition) is 2. The molecule has 0 bridgehead atoms. The van der Waals surface area contributed by atoms with Gasteiger partial charge >= 0.3 is 0 Å². The molecule has 1 unspecified atom stereocenters. The van der Waals surface area contributed by atoms with Gasteiger partial charge in [-0.2, -0.15) is 5.10 Å². The molecule has 5 heteroatoms. The van der Waals surface area contributed by atoms with Gasteiger partial charge in [-0.3, -0.25) is 9.48 Å². The van der Waals surface area contributed by atoms with Crippen molar-refractivity contribution in [2.24, 2.45) is 12.8 Å². The smallest absolute Gasteiger partial charge is 0.255 e. The van der Waals surface area contributed by atoms with Gasteiger partial charge in [0.25, 0.3) is 5.91 Å². The summed E-state index contributed by atoms with van der Waals surface area (Å²) in [4.78, 5) is 12.2. The van der Waals surface area contributed by atoms with Gasteiger partial charge in [0, 0.05) is 19.3 Å². The third-order valence-electron chi connectivity index (χ3n) is 3.22. The highest BCUT2D eigenvalue weighted by Gasteiger charge is 2.17. The monoisotopic (exact) mass is 258 g/mol. The number of nitrogens with two attached hydrogens (primary N) is 1. The van der Waals surface area contributed by atoms with E-state index in [1.165, 1.54) is 0 Å². The van der Waals surface area contributed by atoms with Crippen LogP contribution < -0.4 is 11.1 Å². The van der Waals surface area contributed by atoms with Crippen LogP contribution in [-0.2, 0) is 7.05 Å². The van der Waals surface area contributed by atoms with Crippen LogP contribution in [0.2, 0.25) is 0 Å². The van der Waals surface area contributed by atoms with Crippen LogP contribution in [0.1, 0.15) is 27.7 Å². The first kappa shape index (κ1) is 13.3. The van der Waals surface area contributed by atoms with E-state index in [4.69, 9.17) is 5.73 Å². The maximum atomic E-state index is 12.2. The average molecular weight is 258 g/mol. The van der Waals surface area contributed by atoms with E-state index in [1.807, 2.05) is 44.3 Å². The summed E-state index contributed by atoms with van der Waals surface area (Å²) in [6, 6.07) is 9.51. The van der Waals surface area contributed by atoms with Crippen molar-refractivity contribution in [2.45, 2.75) is 13.0 Å². The fourth-order valence-corrected chi connectivity index (χ4v) is 1.92. The quantitative estimate of drug-likeness (QED) is 0.864. The number of carbonyl (C=O) groups excluding carboxylic acids is 1. The van der Waals surface area contributed by atoms with Gasteiger partial charge in [0.2, 0.25) is 0 Å². The zero-order chi connectivity index (χ0) is 13.8. The van der Waals surface area contributed by atoms with Crippen molar-refractivity contribution in [1.82, 2.24) is 15.1 Å². The molecule has 1 aromatic carbocycles. The number of aromatic nitrogens is 2. The first-order valence-electron chi connectivity index (χ1n) is 6.18. The number of hydrogen-bond acceptors (Lipinski definition) is 3. The van der Waals surface area contributed by atoms with Crippen LogP contribution in [0.5, 0.6) is 0 Å². The van der Waals surface area contributed by atoms with Gasteiger partial charge in [-0.05, 0) is 12.5 Å². The zero-order valence-electron chi connectivity index (χ0n) is 11.1. The van der Waals surface area contributed by atoms with Gasteiger partial charge in [-0.15, -0.1) is 0 Å². The second kappa shape index (κ2) is 5.67. The third-order valence-corrected chi connectivity index (χ3v) is 3.22. The molecule has 0 saturated heterocycles. The Kier molecular flexibility index (Phi) is 3.97. The molecule has 2 rings (SSSR count). The summed E-state index contributed by atoms with van der Waals surface area (Å²) in [6.45, 7) is 2.22. The number of nitrogens with zero attached hydrogens (tertiary/aromatic N) is 2. The van der Waals surface area contributed by atoms with Crippen LogP contribution in [-0.4, -0.2) is 22.2 Å². The molecule has 0 aliphatic rings. The molecule has 0 fully saturated rings. The molecule has 0 spiro atoms. The number of benzene rings is 1. The summed E-state index contributed by atoms with van der Waals surface area (Å²) >= 11 is 0. The minimum absolute atomic E-state index is 0.148. The standard InChI is InChI=1S/C14H18N4O/c1-10-12(9-16-18(10)2)14(19)17-13(8-15)11-6-4-3-5-7-11/h3-7,9,13H,8,15H2,1-2H3,(H,17,19). The average Bonchev–Trinajstić information content (AvgIpc) is 2.77. The number of amides is 1. The van der Waals surface area contributed by atoms with Gasteiger partial charge < -0.3 is 11.1 Å². The van der Waals surface area contributed by atoms with E-state index >= 15 is 0 Å². The summed E-state index contributed by atoms with van der Waals surface area (Å²) in [5.41, 5.74) is 8.15. The van der Waals surface area contributed by atoms with Crippen molar-refractivity contribution in [1.29, 1.82) is 0 Å². The maximum Gasteiger partial charge on any atom is 0.255 e. The Morgan fingerprint density at radius 3 is 2.63 bits per heavy atom. The summed E-state index contributed by atoms with van der Waals surface area (Å²) in [7, 11) is 1.81. The lowest BCUT2D eigenvalue weighted by atomic mass is 10.1. The Labute approximate surface area is 112 Å². The van der Waals surface area contributed by atoms with Crippen LogP contribution in [0.25, 0.3) is 0 Å². The molecule has 1 aromatic heterocycles. The molecule has 100 valence electrons. The minimum Gasteiger partial charge on any atom is -0.344 e. The Balaban J connectivity index is 2.15. The van der Waals surface area contributed by atoms with Crippen LogP contribution >= 0.6 is 0 Å². The Bertz CT molecular complexity index is 562. The lowest BCUT2D eigenvalue weighted by Crippen LogP contribution is -2.33. The summed E-state index contributed by atoms with van der Waals surface area (Å²) in [5.74, 6) is -0.148. The lowest BCUT2D eigenvalue weighted by molar-refractivity contribution is 0.0937. The third kappa shape index (κ3) is 2.82. The molecule has 3 N–H and O–H groups in total. The van der Waals surface area contributed by atoms with E-state index in [1.54, 1.807) is 10.9 Å². The first-order chi connectivity index (χ1) is 9.13. The molecule has 0 aliphatic heterocycles. The first-order valence-corrected chi connectivity index (χ1v) is 6.18. The van der Waals surface area contributed by atoms with Crippen LogP contribution in [0, 0.1) is 6.92 Å². The zero-order valence-corrected chi connectivity index (χ0v) is 11.1. The van der Waals surface area contributed by atoms with Gasteiger partial charge in [0.05, 0.1) is 17.8 Å². The second-order valence-electron chi connectivity index (χ2n) is 4.44. The van der Waals surface area contributed by atoms with Crippen molar-refractivity contribution in [2.75, 3.05) is 6.54 Å². The fraction of sp³-hybridized carbons (Fsp3) is 0.286. The van der Waals surface area contributed by atoms with Crippen molar-refractivity contribution in [3.05, 3.63) is 53.3 Å². The van der Waals surface area contributed by atoms with Crippen LogP contribution in [0.3, 0.4) is 0 Å². The molecule has 5 nitrogen and oxygen atoms in total. The topological polar surface area (TPSA) is 72.9 Å². The van der Waals surface area contributed by atoms with E-state index in [-0.39, 0.29) is 11.9 Å². The summed E-state index contributed by atoms with van der Waals surface area (Å²) in [6.07, 6.45) is 1.57. The van der Waals surface area contributed by atoms with Gasteiger partial charge in [0.15, 0.2) is 0 Å². The molecule has 0 aliphatic carbocycles. The fourth-order valence-electron chi connectivity index (χ4n) is 1.92. The molecule has 1 atom stereocenters. The molecule has 2 aromatic rings. The lowest BCUT2D eigenvalue weighted by Gasteiger charge is -2.17. The molecule has 0 saturated carbocycles. The van der Waals surface area contributed by atoms with Gasteiger partial charge in [0.1, 0.15) is 0 Å². The number of rotatable bonds is 4. The molecular weight excluding hydrogens is 240 g/mol. The normalized spacial score (nSPS) is 12.2. The summed E-state index contributed by atoms with van der Waals surface area (Å²) in [5, 5.41) is 7.00. The molecule has 19 heavy (non-hydrogen) atoms. The highest BCUT2D eigenvalue weighted by atomic mass is 16.1. The summed E-state index contributed by atoms with van der Waals surface area (Å²) < 4.78 is 1.68. The highest BCUT2D eigenvalue weighted by Crippen LogP contribution is 2.13. The largest absolute Gasteiger partial charge is 0.344 e. The van der Waals surface area contributed by atoms with Crippen LogP contribution in [0.4, 0.5) is 0 Å². The highest BCUT2D eigenvalue weighted by molar-refractivity contribution is 5.95. The Morgan fingerprint density at radius 1 is 1.42 bits per heavy atom. The van der Waals surface area contributed by atoms with E-state index < -0.39 is 0 Å². The number of aryl methyl sites for hydroxylation is 1. The predicted octanol–water partition coefficient (Wildman–Crippen LogP) is 1.16. The number of nitrogens with one attached hydrogen (secondary N) is 1. The Hall–Kier alpha value is -2.14. The van der Waals surface area contributed by atoms with E-state index in [0.717, 1.165) is 11.3 Å². The predicted molar refractivity (Wildman–Crippen MR) is 73.6 cm³/mol. The SMILES string of the molecule is Cc1c(C(=O)NC(CN)c2ccccc2)cnn1C. The molecule has 1 heterocycles.